The maximum atomic E-state index is 5.75. The predicted octanol–water partition coefficient (Wildman–Crippen LogP) is 3.19. The summed E-state index contributed by atoms with van der Waals surface area (Å²) in [6.07, 6.45) is 6.26. The lowest BCUT2D eigenvalue weighted by atomic mass is 9.78. The molecule has 16 heavy (non-hydrogen) atoms. The van der Waals surface area contributed by atoms with E-state index in [1.165, 1.54) is 12.8 Å². The fraction of sp³-hybridized carbons (Fsp3) is 0.667. The van der Waals surface area contributed by atoms with Crippen molar-refractivity contribution in [1.82, 2.24) is 9.97 Å². The van der Waals surface area contributed by atoms with Gasteiger partial charge in [0.1, 0.15) is 16.1 Å². The van der Waals surface area contributed by atoms with E-state index in [0.29, 0.717) is 5.92 Å². The molecule has 0 aliphatic heterocycles. The minimum atomic E-state index is -0.257. The summed E-state index contributed by atoms with van der Waals surface area (Å²) in [7, 11) is 1.77. The zero-order valence-electron chi connectivity index (χ0n) is 9.82. The summed E-state index contributed by atoms with van der Waals surface area (Å²) in [6, 6.07) is 1.80. The molecule has 2 rings (SSSR count). The van der Waals surface area contributed by atoms with Gasteiger partial charge in [-0.2, -0.15) is 0 Å². The van der Waals surface area contributed by atoms with Gasteiger partial charge in [0.15, 0.2) is 0 Å². The molecular formula is C12H18N2OS. The highest BCUT2D eigenvalue weighted by Gasteiger charge is 2.38. The predicted molar refractivity (Wildman–Crippen MR) is 65.7 cm³/mol. The van der Waals surface area contributed by atoms with Gasteiger partial charge in [-0.3, -0.25) is 0 Å². The molecule has 1 aliphatic carbocycles. The van der Waals surface area contributed by atoms with Gasteiger partial charge in [-0.25, -0.2) is 4.98 Å². The van der Waals surface area contributed by atoms with Crippen molar-refractivity contribution in [2.75, 3.05) is 7.11 Å². The van der Waals surface area contributed by atoms with Gasteiger partial charge in [-0.15, -0.1) is 0 Å². The monoisotopic (exact) mass is 238 g/mol. The molecule has 2 unspecified atom stereocenters. The van der Waals surface area contributed by atoms with Crippen molar-refractivity contribution in [3.05, 3.63) is 22.7 Å². The van der Waals surface area contributed by atoms with Crippen LogP contribution in [0.25, 0.3) is 0 Å². The number of hydrogen-bond acceptors (Lipinski definition) is 3. The Morgan fingerprint density at radius 2 is 2.44 bits per heavy atom. The van der Waals surface area contributed by atoms with Crippen molar-refractivity contribution < 1.29 is 4.74 Å². The van der Waals surface area contributed by atoms with Crippen molar-refractivity contribution in [3.63, 3.8) is 0 Å². The quantitative estimate of drug-likeness (QED) is 0.804. The van der Waals surface area contributed by atoms with Crippen LogP contribution in [0.15, 0.2) is 12.3 Å². The van der Waals surface area contributed by atoms with Crippen LogP contribution in [-0.4, -0.2) is 17.1 Å². The number of nitrogens with zero attached hydrogens (tertiary/aromatic N) is 1. The fourth-order valence-electron chi connectivity index (χ4n) is 2.60. The van der Waals surface area contributed by atoms with Crippen molar-refractivity contribution >= 4 is 12.2 Å². The zero-order chi connectivity index (χ0) is 11.6. The third kappa shape index (κ3) is 2.18. The molecule has 1 heterocycles. The molecule has 1 N–H and O–H groups in total. The molecule has 0 bridgehead atoms. The molecule has 0 aromatic carbocycles. The first kappa shape index (κ1) is 11.7. The van der Waals surface area contributed by atoms with Crippen molar-refractivity contribution in [2.24, 2.45) is 5.92 Å². The van der Waals surface area contributed by atoms with Crippen molar-refractivity contribution in [2.45, 2.75) is 38.2 Å². The first-order valence-corrected chi connectivity index (χ1v) is 6.18. The molecule has 3 nitrogen and oxygen atoms in total. The van der Waals surface area contributed by atoms with Crippen LogP contribution in [0, 0.1) is 10.6 Å². The lowest BCUT2D eigenvalue weighted by Gasteiger charge is -2.37. The van der Waals surface area contributed by atoms with Gasteiger partial charge in [0.05, 0.1) is 0 Å². The summed E-state index contributed by atoms with van der Waals surface area (Å²) in [6.45, 7) is 2.27. The molecule has 1 aromatic heterocycles. The topological polar surface area (TPSA) is 37.9 Å². The second-order valence-corrected chi connectivity index (χ2v) is 5.12. The van der Waals surface area contributed by atoms with Gasteiger partial charge >= 0.3 is 0 Å². The Bertz CT molecular complexity index is 417. The lowest BCUT2D eigenvalue weighted by Crippen LogP contribution is -2.36. The average Bonchev–Trinajstić information content (AvgIpc) is 2.29. The van der Waals surface area contributed by atoms with Crippen LogP contribution < -0.4 is 0 Å². The molecule has 88 valence electrons. The lowest BCUT2D eigenvalue weighted by molar-refractivity contribution is -0.0647. The van der Waals surface area contributed by atoms with Gasteiger partial charge < -0.3 is 9.72 Å². The average molecular weight is 238 g/mol. The Morgan fingerprint density at radius 1 is 1.62 bits per heavy atom. The van der Waals surface area contributed by atoms with E-state index in [4.69, 9.17) is 17.0 Å². The Labute approximate surface area is 101 Å². The van der Waals surface area contributed by atoms with Crippen molar-refractivity contribution in [1.29, 1.82) is 0 Å². The first-order valence-electron chi connectivity index (χ1n) is 5.77. The smallest absolute Gasteiger partial charge is 0.139 e. The van der Waals surface area contributed by atoms with E-state index in [1.807, 2.05) is 0 Å². The standard InChI is InChI=1S/C12H18N2OS/c1-9-4-3-6-12(8-9,15-2)11-13-7-5-10(16)14-11/h5,7,9H,3-4,6,8H2,1-2H3,(H,13,14,16). The largest absolute Gasteiger partial charge is 0.370 e. The minimum Gasteiger partial charge on any atom is -0.370 e. The van der Waals surface area contributed by atoms with E-state index >= 15 is 0 Å². The number of rotatable bonds is 2. The summed E-state index contributed by atoms with van der Waals surface area (Å²) >= 11 is 5.14. The molecule has 1 saturated carbocycles. The van der Waals surface area contributed by atoms with Crippen LogP contribution >= 0.6 is 12.2 Å². The van der Waals surface area contributed by atoms with E-state index in [2.05, 4.69) is 16.9 Å². The SMILES string of the molecule is COC1(c2nccc(=S)[nH]2)CCCC(C)C1. The highest BCUT2D eigenvalue weighted by molar-refractivity contribution is 7.71. The summed E-state index contributed by atoms with van der Waals surface area (Å²) in [5.41, 5.74) is -0.257. The molecule has 4 heteroatoms. The molecule has 0 radical (unpaired) electrons. The van der Waals surface area contributed by atoms with Gasteiger partial charge in [0.25, 0.3) is 0 Å². The fourth-order valence-corrected chi connectivity index (χ4v) is 2.76. The zero-order valence-corrected chi connectivity index (χ0v) is 10.6. The maximum absolute atomic E-state index is 5.75. The summed E-state index contributed by atoms with van der Waals surface area (Å²) in [4.78, 5) is 7.56. The van der Waals surface area contributed by atoms with E-state index in [9.17, 15) is 0 Å². The van der Waals surface area contributed by atoms with Gasteiger partial charge in [0, 0.05) is 13.3 Å². The van der Waals surface area contributed by atoms with Crippen LogP contribution in [-0.2, 0) is 10.3 Å². The molecule has 0 amide bonds. The second-order valence-electron chi connectivity index (χ2n) is 4.68. The normalized spacial score (nSPS) is 30.2. The van der Waals surface area contributed by atoms with Crippen LogP contribution in [0.4, 0.5) is 0 Å². The van der Waals surface area contributed by atoms with Gasteiger partial charge in [0.2, 0.25) is 0 Å². The molecule has 1 fully saturated rings. The molecule has 0 spiro atoms. The Kier molecular flexibility index (Phi) is 3.40. The van der Waals surface area contributed by atoms with Gasteiger partial charge in [-0.1, -0.05) is 25.6 Å². The Morgan fingerprint density at radius 3 is 3.06 bits per heavy atom. The Hall–Kier alpha value is -0.740. The molecule has 1 aromatic rings. The minimum absolute atomic E-state index is 0.257. The number of hydrogen-bond donors (Lipinski definition) is 1. The molecule has 1 aliphatic rings. The van der Waals surface area contributed by atoms with Crippen LogP contribution in [0.2, 0.25) is 0 Å². The van der Waals surface area contributed by atoms with Gasteiger partial charge in [-0.05, 0) is 31.2 Å². The number of H-pyrrole nitrogens is 1. The van der Waals surface area contributed by atoms with E-state index in [0.717, 1.165) is 23.3 Å². The number of ether oxygens (including phenoxy) is 1. The number of aromatic amines is 1. The number of aromatic nitrogens is 2. The van der Waals surface area contributed by atoms with Crippen LogP contribution in [0.1, 0.15) is 38.4 Å². The Balaban J connectivity index is 2.37. The van der Waals surface area contributed by atoms with Crippen LogP contribution in [0.5, 0.6) is 0 Å². The van der Waals surface area contributed by atoms with Crippen LogP contribution in [0.3, 0.4) is 0 Å². The third-order valence-corrected chi connectivity index (χ3v) is 3.69. The van der Waals surface area contributed by atoms with Crippen molar-refractivity contribution in [3.8, 4) is 0 Å². The summed E-state index contributed by atoms with van der Waals surface area (Å²) in [5, 5.41) is 0. The summed E-state index contributed by atoms with van der Waals surface area (Å²) < 4.78 is 6.47. The second kappa shape index (κ2) is 4.63. The highest BCUT2D eigenvalue weighted by Crippen LogP contribution is 2.40. The summed E-state index contributed by atoms with van der Waals surface area (Å²) in [5.74, 6) is 1.56. The van der Waals surface area contributed by atoms with E-state index in [-0.39, 0.29) is 5.60 Å². The first-order chi connectivity index (χ1) is 7.66. The van der Waals surface area contributed by atoms with E-state index < -0.39 is 0 Å². The molecule has 2 atom stereocenters. The third-order valence-electron chi connectivity index (χ3n) is 3.45. The number of methoxy groups -OCH3 is 1. The molecular weight excluding hydrogens is 220 g/mol. The van der Waals surface area contributed by atoms with E-state index in [1.54, 1.807) is 19.4 Å². The molecule has 0 saturated heterocycles. The maximum Gasteiger partial charge on any atom is 0.139 e. The number of nitrogens with one attached hydrogen (secondary N) is 1. The highest BCUT2D eigenvalue weighted by atomic mass is 32.1.